The van der Waals surface area contributed by atoms with Crippen molar-refractivity contribution >= 4 is 14.0 Å². The van der Waals surface area contributed by atoms with Gasteiger partial charge in [-0.25, -0.2) is 0 Å². The standard InChI is InChI=1S/C11H12P.2ClH.Ti/c1-12(2)11-7-9-5-3-4-6-10(9)8-11;;;/h3-8H,1-2H3;2*1H;/q;;;+2/p-2. The van der Waals surface area contributed by atoms with Gasteiger partial charge < -0.3 is 24.8 Å². The molecule has 0 N–H and O–H groups in total. The molecular formula is C11H12Cl2PTi. The Bertz CT molecular complexity index is 363. The van der Waals surface area contributed by atoms with Gasteiger partial charge in [-0.3, -0.25) is 0 Å². The first-order valence-electron chi connectivity index (χ1n) is 4.39. The van der Waals surface area contributed by atoms with Gasteiger partial charge in [0.05, 0.1) is 0 Å². The average molecular weight is 294 g/mol. The van der Waals surface area contributed by atoms with E-state index >= 15 is 0 Å². The molecule has 15 heavy (non-hydrogen) atoms. The molecule has 1 aromatic carbocycles. The van der Waals surface area contributed by atoms with Gasteiger partial charge in [-0.15, -0.1) is 0 Å². The molecule has 0 nitrogen and oxygen atoms in total. The topological polar surface area (TPSA) is 0 Å². The van der Waals surface area contributed by atoms with Crippen molar-refractivity contribution in [2.45, 2.75) is 4.22 Å². The Hall–Kier alpha value is 0.684. The van der Waals surface area contributed by atoms with Crippen molar-refractivity contribution in [2.24, 2.45) is 0 Å². The molecule has 0 saturated carbocycles. The third kappa shape index (κ3) is 3.08. The molecule has 4 heteroatoms. The normalized spacial score (nSPS) is 17.7. The van der Waals surface area contributed by atoms with E-state index in [9.17, 15) is 0 Å². The molecule has 1 aromatic rings. The molecule has 0 saturated heterocycles. The Labute approximate surface area is 117 Å². The minimum Gasteiger partial charge on any atom is -1.00 e. The molecule has 0 amide bonds. The molecule has 1 aliphatic rings. The van der Waals surface area contributed by atoms with Crippen LogP contribution >= 0.6 is 7.92 Å². The molecule has 0 spiro atoms. The molecule has 1 atom stereocenters. The second-order valence-electron chi connectivity index (χ2n) is 3.53. The maximum absolute atomic E-state index is 2.38. The molecule has 0 aliphatic heterocycles. The third-order valence-electron chi connectivity index (χ3n) is 2.42. The summed E-state index contributed by atoms with van der Waals surface area (Å²) >= 11 is 2.32. The van der Waals surface area contributed by atoms with Crippen LogP contribution in [0.3, 0.4) is 0 Å². The Balaban J connectivity index is 0.000000980. The zero-order chi connectivity index (χ0) is 9.42. The first-order valence-corrected chi connectivity index (χ1v) is 7.53. The second kappa shape index (κ2) is 6.43. The van der Waals surface area contributed by atoms with E-state index in [2.05, 4.69) is 64.1 Å². The molecule has 0 fully saturated rings. The van der Waals surface area contributed by atoms with Gasteiger partial charge in [-0.05, 0) is 0 Å². The van der Waals surface area contributed by atoms with Gasteiger partial charge in [0.1, 0.15) is 0 Å². The van der Waals surface area contributed by atoms with Crippen molar-refractivity contribution < 1.29 is 45.2 Å². The van der Waals surface area contributed by atoms with Gasteiger partial charge in [0.25, 0.3) is 0 Å². The Morgan fingerprint density at radius 2 is 1.73 bits per heavy atom. The molecule has 1 aliphatic carbocycles. The Morgan fingerprint density at radius 1 is 1.13 bits per heavy atom. The molecule has 79 valence electrons. The van der Waals surface area contributed by atoms with E-state index in [1.807, 2.05) is 0 Å². The van der Waals surface area contributed by atoms with Crippen LogP contribution in [0.5, 0.6) is 0 Å². The van der Waals surface area contributed by atoms with E-state index in [1.165, 1.54) is 11.1 Å². The Kier molecular flexibility index (Phi) is 6.72. The minimum absolute atomic E-state index is 0. The first-order chi connectivity index (χ1) is 6.20. The van der Waals surface area contributed by atoms with E-state index in [4.69, 9.17) is 0 Å². The monoisotopic (exact) mass is 293 g/mol. The van der Waals surface area contributed by atoms with Crippen LogP contribution < -0.4 is 24.8 Å². The van der Waals surface area contributed by atoms with Gasteiger partial charge >= 0.3 is 92.7 Å². The van der Waals surface area contributed by atoms with Crippen molar-refractivity contribution in [1.29, 1.82) is 0 Å². The average Bonchev–Trinajstić information content (AvgIpc) is 2.45. The smallest absolute Gasteiger partial charge is 1.00 e. The van der Waals surface area contributed by atoms with Crippen LogP contribution in [0.15, 0.2) is 29.6 Å². The van der Waals surface area contributed by atoms with E-state index in [-0.39, 0.29) is 32.7 Å². The summed E-state index contributed by atoms with van der Waals surface area (Å²) in [5, 5.41) is 1.64. The fourth-order valence-corrected chi connectivity index (χ4v) is 4.50. The van der Waals surface area contributed by atoms with Crippen molar-refractivity contribution in [1.82, 2.24) is 0 Å². The molecular weight excluding hydrogens is 282 g/mol. The van der Waals surface area contributed by atoms with Crippen LogP contribution in [0, 0.1) is 0 Å². The van der Waals surface area contributed by atoms with Crippen LogP contribution in [-0.2, 0) is 20.4 Å². The SMILES string of the molecule is CP(C)C1=Cc2ccccc2[CH]1[Ti+2].[Cl-].[Cl-]. The number of hydrogen-bond donors (Lipinski definition) is 0. The number of fused-ring (bicyclic) bond motifs is 1. The van der Waals surface area contributed by atoms with Gasteiger partial charge in [0, 0.05) is 0 Å². The summed E-state index contributed by atoms with van der Waals surface area (Å²) in [5.74, 6) is 0. The van der Waals surface area contributed by atoms with Gasteiger partial charge in [0.2, 0.25) is 0 Å². The molecule has 0 bridgehead atoms. The van der Waals surface area contributed by atoms with Crippen LogP contribution in [0.4, 0.5) is 0 Å². The predicted octanol–water partition coefficient (Wildman–Crippen LogP) is -2.62. The maximum Gasteiger partial charge on any atom is -1.00 e. The van der Waals surface area contributed by atoms with Crippen LogP contribution in [0.1, 0.15) is 15.3 Å². The van der Waals surface area contributed by atoms with Crippen molar-refractivity contribution in [3.63, 3.8) is 0 Å². The van der Waals surface area contributed by atoms with Crippen LogP contribution in [-0.4, -0.2) is 13.3 Å². The zero-order valence-electron chi connectivity index (χ0n) is 8.67. The van der Waals surface area contributed by atoms with Crippen molar-refractivity contribution in [3.05, 3.63) is 40.7 Å². The number of rotatable bonds is 1. The molecule has 1 unspecified atom stereocenters. The summed E-state index contributed by atoms with van der Waals surface area (Å²) in [7, 11) is 0.0738. The minimum atomic E-state index is 0. The fraction of sp³-hybridized carbons (Fsp3) is 0.273. The predicted molar refractivity (Wildman–Crippen MR) is 55.9 cm³/mol. The fourth-order valence-electron chi connectivity index (χ4n) is 1.69. The summed E-state index contributed by atoms with van der Waals surface area (Å²) in [4.78, 5) is 0. The quantitative estimate of drug-likeness (QED) is 0.393. The summed E-state index contributed by atoms with van der Waals surface area (Å²) in [6.07, 6.45) is 2.38. The van der Waals surface area contributed by atoms with E-state index in [0.717, 1.165) is 0 Å². The number of halogens is 2. The maximum atomic E-state index is 2.38. The van der Waals surface area contributed by atoms with Gasteiger partial charge in [-0.1, -0.05) is 0 Å². The van der Waals surface area contributed by atoms with Crippen LogP contribution in [0.2, 0.25) is 0 Å². The first kappa shape index (κ1) is 15.7. The second-order valence-corrected chi connectivity index (χ2v) is 6.73. The summed E-state index contributed by atoms with van der Waals surface area (Å²) in [6.45, 7) is 4.67. The summed E-state index contributed by atoms with van der Waals surface area (Å²) in [5.41, 5.74) is 2.94. The Morgan fingerprint density at radius 3 is 2.27 bits per heavy atom. The molecule has 0 aromatic heterocycles. The van der Waals surface area contributed by atoms with Gasteiger partial charge in [0.15, 0.2) is 0 Å². The molecule has 0 radical (unpaired) electrons. The number of allylic oxidation sites excluding steroid dienone is 1. The number of benzene rings is 1. The third-order valence-corrected chi connectivity index (χ3v) is 5.19. The summed E-state index contributed by atoms with van der Waals surface area (Å²) < 4.78 is 0.650. The largest absolute Gasteiger partial charge is 1.00 e. The molecule has 0 heterocycles. The molecule has 2 rings (SSSR count). The zero-order valence-corrected chi connectivity index (χ0v) is 12.6. The van der Waals surface area contributed by atoms with E-state index < -0.39 is 0 Å². The number of hydrogen-bond acceptors (Lipinski definition) is 0. The van der Waals surface area contributed by atoms with Crippen molar-refractivity contribution in [2.75, 3.05) is 13.3 Å². The van der Waals surface area contributed by atoms with Crippen molar-refractivity contribution in [3.8, 4) is 0 Å². The van der Waals surface area contributed by atoms with E-state index in [0.29, 0.717) is 4.22 Å². The van der Waals surface area contributed by atoms with E-state index in [1.54, 1.807) is 5.31 Å². The summed E-state index contributed by atoms with van der Waals surface area (Å²) in [6, 6.07) is 8.73. The van der Waals surface area contributed by atoms with Crippen LogP contribution in [0.25, 0.3) is 6.08 Å². The van der Waals surface area contributed by atoms with Gasteiger partial charge in [-0.2, -0.15) is 0 Å².